The van der Waals surface area contributed by atoms with Gasteiger partial charge in [-0.2, -0.15) is 0 Å². The van der Waals surface area contributed by atoms with E-state index in [1.54, 1.807) is 13.2 Å². The van der Waals surface area contributed by atoms with Crippen LogP contribution in [0.2, 0.25) is 0 Å². The van der Waals surface area contributed by atoms with E-state index in [0.29, 0.717) is 5.39 Å². The number of aromatic nitrogens is 1. The minimum atomic E-state index is 0.000268. The van der Waals surface area contributed by atoms with E-state index in [4.69, 9.17) is 9.72 Å². The van der Waals surface area contributed by atoms with E-state index >= 15 is 0 Å². The zero-order valence-corrected chi connectivity index (χ0v) is 15.8. The molecular weight excluding hydrogens is 381 g/mol. The zero-order valence-electron chi connectivity index (χ0n) is 14.1. The average Bonchev–Trinajstić information content (AvgIpc) is 2.65. The Kier molecular flexibility index (Phi) is 3.86. The topological polar surface area (TPSA) is 63.2 Å². The standard InChI is InChI=1S/C19H17N3O2Se/c1-20-11-5-6-14(23)17-13(21-2)9-16-19(18(11)17)22-12-8-10(24-3)4-7-15(12)25-16/h4-9,20-21H,1-3H3. The Morgan fingerprint density at radius 1 is 0.960 bits per heavy atom. The van der Waals surface area contributed by atoms with Gasteiger partial charge in [0.25, 0.3) is 0 Å². The number of benzene rings is 3. The Hall–Kier alpha value is -2.56. The molecule has 0 aliphatic heterocycles. The fourth-order valence-corrected chi connectivity index (χ4v) is 5.23. The first-order valence-electron chi connectivity index (χ1n) is 7.90. The van der Waals surface area contributed by atoms with Gasteiger partial charge in [-0.1, -0.05) is 0 Å². The molecule has 0 bridgehead atoms. The van der Waals surface area contributed by atoms with Crippen LogP contribution in [0.3, 0.4) is 0 Å². The summed E-state index contributed by atoms with van der Waals surface area (Å²) in [5.74, 6) is 0.788. The molecular formula is C19H17N3O2Se. The van der Waals surface area contributed by atoms with Gasteiger partial charge in [-0.15, -0.1) is 0 Å². The fourth-order valence-electron chi connectivity index (χ4n) is 3.12. The summed E-state index contributed by atoms with van der Waals surface area (Å²) in [6.07, 6.45) is 0. The average molecular weight is 398 g/mol. The van der Waals surface area contributed by atoms with Gasteiger partial charge in [0.15, 0.2) is 0 Å². The van der Waals surface area contributed by atoms with E-state index in [-0.39, 0.29) is 19.9 Å². The van der Waals surface area contributed by atoms with Crippen LogP contribution in [0.4, 0.5) is 11.4 Å². The molecule has 3 aromatic carbocycles. The summed E-state index contributed by atoms with van der Waals surface area (Å²) >= 11 is 0.113. The van der Waals surface area contributed by atoms with Crippen molar-refractivity contribution in [3.63, 3.8) is 0 Å². The van der Waals surface area contributed by atoms with E-state index in [9.17, 15) is 4.79 Å². The van der Waals surface area contributed by atoms with Crippen LogP contribution in [0.15, 0.2) is 41.2 Å². The monoisotopic (exact) mass is 399 g/mol. The van der Waals surface area contributed by atoms with Crippen LogP contribution in [0.25, 0.3) is 30.3 Å². The summed E-state index contributed by atoms with van der Waals surface area (Å²) < 4.78 is 7.72. The van der Waals surface area contributed by atoms with Crippen LogP contribution in [0.5, 0.6) is 5.75 Å². The molecule has 0 spiro atoms. The molecule has 2 N–H and O–H groups in total. The van der Waals surface area contributed by atoms with Crippen LogP contribution < -0.4 is 20.8 Å². The van der Waals surface area contributed by atoms with Crippen molar-refractivity contribution in [2.24, 2.45) is 0 Å². The van der Waals surface area contributed by atoms with Crippen molar-refractivity contribution in [3.8, 4) is 5.75 Å². The predicted octanol–water partition coefficient (Wildman–Crippen LogP) is 3.05. The summed E-state index contributed by atoms with van der Waals surface area (Å²) in [4.78, 5) is 17.4. The number of rotatable bonds is 3. The summed E-state index contributed by atoms with van der Waals surface area (Å²) in [6.45, 7) is 0. The molecule has 0 fully saturated rings. The molecule has 1 aromatic heterocycles. The second-order valence-electron chi connectivity index (χ2n) is 5.68. The van der Waals surface area contributed by atoms with E-state index in [1.807, 2.05) is 32.3 Å². The molecule has 0 radical (unpaired) electrons. The first-order valence-corrected chi connectivity index (χ1v) is 9.61. The quantitative estimate of drug-likeness (QED) is 0.316. The first-order chi connectivity index (χ1) is 12.2. The predicted molar refractivity (Wildman–Crippen MR) is 106 cm³/mol. The van der Waals surface area contributed by atoms with Crippen molar-refractivity contribution in [2.75, 3.05) is 31.8 Å². The molecule has 0 aliphatic rings. The number of hydrogen-bond donors (Lipinski definition) is 2. The van der Waals surface area contributed by atoms with Crippen LogP contribution in [0, 0.1) is 0 Å². The second kappa shape index (κ2) is 6.06. The molecule has 5 nitrogen and oxygen atoms in total. The van der Waals surface area contributed by atoms with Gasteiger partial charge in [0.05, 0.1) is 0 Å². The second-order valence-corrected chi connectivity index (χ2v) is 7.95. The van der Waals surface area contributed by atoms with Crippen LogP contribution in [-0.4, -0.2) is 40.7 Å². The van der Waals surface area contributed by atoms with Crippen molar-refractivity contribution < 1.29 is 4.74 Å². The van der Waals surface area contributed by atoms with E-state index in [2.05, 4.69) is 22.8 Å². The molecule has 1 heterocycles. The Balaban J connectivity index is 2.25. The first kappa shape index (κ1) is 15.9. The molecule has 6 heteroatoms. The molecule has 4 rings (SSSR count). The van der Waals surface area contributed by atoms with E-state index in [1.165, 1.54) is 8.52 Å². The van der Waals surface area contributed by atoms with Crippen LogP contribution >= 0.6 is 0 Å². The van der Waals surface area contributed by atoms with Gasteiger partial charge in [0, 0.05) is 0 Å². The summed E-state index contributed by atoms with van der Waals surface area (Å²) in [6, 6.07) is 11.5. The maximum atomic E-state index is 12.5. The molecule has 126 valence electrons. The molecule has 0 aliphatic carbocycles. The van der Waals surface area contributed by atoms with Crippen molar-refractivity contribution >= 4 is 56.2 Å². The molecule has 0 amide bonds. The van der Waals surface area contributed by atoms with E-state index < -0.39 is 0 Å². The van der Waals surface area contributed by atoms with Crippen LogP contribution in [0.1, 0.15) is 0 Å². The number of nitrogens with one attached hydrogen (secondary N) is 2. The summed E-state index contributed by atoms with van der Waals surface area (Å²) in [5.41, 5.74) is 3.57. The van der Waals surface area contributed by atoms with Gasteiger partial charge in [-0.25, -0.2) is 0 Å². The van der Waals surface area contributed by atoms with Crippen molar-refractivity contribution in [2.45, 2.75) is 0 Å². The Morgan fingerprint density at radius 2 is 1.76 bits per heavy atom. The Labute approximate surface area is 150 Å². The molecule has 4 aromatic rings. The van der Waals surface area contributed by atoms with Gasteiger partial charge >= 0.3 is 150 Å². The Morgan fingerprint density at radius 3 is 2.48 bits per heavy atom. The van der Waals surface area contributed by atoms with Crippen molar-refractivity contribution in [1.29, 1.82) is 0 Å². The minimum absolute atomic E-state index is 0.000268. The molecule has 0 saturated carbocycles. The molecule has 0 unspecified atom stereocenters. The third-order valence-electron chi connectivity index (χ3n) is 4.34. The Bertz CT molecular complexity index is 1180. The number of ether oxygens (including phenoxy) is 1. The van der Waals surface area contributed by atoms with Gasteiger partial charge in [0.1, 0.15) is 0 Å². The maximum absolute atomic E-state index is 12.5. The number of anilines is 2. The number of methoxy groups -OCH3 is 1. The number of fused-ring (bicyclic) bond motifs is 4. The van der Waals surface area contributed by atoms with E-state index in [0.717, 1.165) is 33.5 Å². The third-order valence-corrected chi connectivity index (χ3v) is 6.64. The number of nitrogens with zero attached hydrogens (tertiary/aromatic N) is 1. The van der Waals surface area contributed by atoms with Crippen molar-refractivity contribution in [1.82, 2.24) is 4.98 Å². The molecule has 0 atom stereocenters. The number of hydrogen-bond acceptors (Lipinski definition) is 5. The van der Waals surface area contributed by atoms with Gasteiger partial charge < -0.3 is 0 Å². The van der Waals surface area contributed by atoms with Gasteiger partial charge in [0.2, 0.25) is 0 Å². The van der Waals surface area contributed by atoms with Gasteiger partial charge in [-0.05, 0) is 0 Å². The fraction of sp³-hybridized carbons (Fsp3) is 0.158. The normalized spacial score (nSPS) is 11.2. The van der Waals surface area contributed by atoms with Crippen molar-refractivity contribution in [3.05, 3.63) is 46.6 Å². The molecule has 25 heavy (non-hydrogen) atoms. The molecule has 0 saturated heterocycles. The SMILES string of the molecule is CNc1cc2[se]c3ccc(OC)cc3nc2c2c(NC)ccc(=O)c12. The summed E-state index contributed by atoms with van der Waals surface area (Å²) in [7, 11) is 5.36. The third kappa shape index (κ3) is 2.46. The van der Waals surface area contributed by atoms with Gasteiger partial charge in [-0.3, -0.25) is 0 Å². The zero-order chi connectivity index (χ0) is 17.6. The van der Waals surface area contributed by atoms with Crippen LogP contribution in [-0.2, 0) is 0 Å². The summed E-state index contributed by atoms with van der Waals surface area (Å²) in [5, 5.41) is 7.94.